The van der Waals surface area contributed by atoms with Crippen LogP contribution in [0.5, 0.6) is 11.5 Å². The maximum Gasteiger partial charge on any atom is 0.270 e. The quantitative estimate of drug-likeness (QED) is 0.459. The van der Waals surface area contributed by atoms with Gasteiger partial charge in [-0.2, -0.15) is 8.75 Å². The molecule has 160 valence electrons. The monoisotopic (exact) mass is 448 g/mol. The number of fused-ring (bicyclic) bond motifs is 2. The Morgan fingerprint density at radius 3 is 2.25 bits per heavy atom. The topological polar surface area (TPSA) is 128 Å². The van der Waals surface area contributed by atoms with Gasteiger partial charge in [-0.3, -0.25) is 9.59 Å². The number of rotatable bonds is 6. The van der Waals surface area contributed by atoms with Gasteiger partial charge in [0.05, 0.1) is 11.7 Å². The van der Waals surface area contributed by atoms with E-state index in [1.165, 1.54) is 12.4 Å². The molecule has 0 saturated heterocycles. The highest BCUT2D eigenvalue weighted by Crippen LogP contribution is 2.32. The van der Waals surface area contributed by atoms with Crippen molar-refractivity contribution in [2.75, 3.05) is 6.79 Å². The SMILES string of the molecule is O=C(NCc1ccc2c(c1)OCO2)c1cc(C(=O)NCc2ccc3nsnc3c2)ncn1. The highest BCUT2D eigenvalue weighted by Gasteiger charge is 2.15. The van der Waals surface area contributed by atoms with Crippen molar-refractivity contribution in [1.29, 1.82) is 0 Å². The minimum atomic E-state index is -0.416. The summed E-state index contributed by atoms with van der Waals surface area (Å²) in [6, 6.07) is 12.4. The van der Waals surface area contributed by atoms with Crippen LogP contribution in [0.1, 0.15) is 32.1 Å². The molecule has 2 N–H and O–H groups in total. The second-order valence-electron chi connectivity index (χ2n) is 6.93. The molecule has 10 nitrogen and oxygen atoms in total. The van der Waals surface area contributed by atoms with E-state index in [0.29, 0.717) is 18.0 Å². The third-order valence-corrected chi connectivity index (χ3v) is 5.35. The van der Waals surface area contributed by atoms with Crippen LogP contribution in [0, 0.1) is 0 Å². The number of carbonyl (C=O) groups excluding carboxylic acids is 2. The number of hydrogen-bond donors (Lipinski definition) is 2. The lowest BCUT2D eigenvalue weighted by atomic mass is 10.2. The zero-order valence-electron chi connectivity index (χ0n) is 16.6. The Labute approximate surface area is 185 Å². The number of aromatic nitrogens is 4. The van der Waals surface area contributed by atoms with Crippen LogP contribution in [-0.2, 0) is 13.1 Å². The smallest absolute Gasteiger partial charge is 0.270 e. The summed E-state index contributed by atoms with van der Waals surface area (Å²) in [4.78, 5) is 33.0. The van der Waals surface area contributed by atoms with Crippen LogP contribution in [0.15, 0.2) is 48.8 Å². The highest BCUT2D eigenvalue weighted by molar-refractivity contribution is 7.00. The van der Waals surface area contributed by atoms with Crippen molar-refractivity contribution in [2.45, 2.75) is 13.1 Å². The summed E-state index contributed by atoms with van der Waals surface area (Å²) in [5.74, 6) is 0.493. The molecule has 11 heteroatoms. The predicted molar refractivity (Wildman–Crippen MR) is 114 cm³/mol. The van der Waals surface area contributed by atoms with Gasteiger partial charge in [0.15, 0.2) is 11.5 Å². The molecular weight excluding hydrogens is 432 g/mol. The lowest BCUT2D eigenvalue weighted by molar-refractivity contribution is 0.0944. The molecule has 0 fully saturated rings. The molecule has 0 atom stereocenters. The lowest BCUT2D eigenvalue weighted by Crippen LogP contribution is -2.27. The van der Waals surface area contributed by atoms with Gasteiger partial charge in [-0.15, -0.1) is 0 Å². The van der Waals surface area contributed by atoms with E-state index in [-0.39, 0.29) is 24.7 Å². The van der Waals surface area contributed by atoms with Gasteiger partial charge in [0.1, 0.15) is 28.7 Å². The Bertz CT molecular complexity index is 1320. The molecule has 1 aliphatic rings. The average molecular weight is 448 g/mol. The van der Waals surface area contributed by atoms with Gasteiger partial charge >= 0.3 is 0 Å². The first-order chi connectivity index (χ1) is 15.7. The molecule has 2 amide bonds. The van der Waals surface area contributed by atoms with E-state index in [1.807, 2.05) is 24.3 Å². The largest absolute Gasteiger partial charge is 0.454 e. The Morgan fingerprint density at radius 2 is 1.47 bits per heavy atom. The van der Waals surface area contributed by atoms with Crippen molar-refractivity contribution in [3.05, 3.63) is 71.3 Å². The van der Waals surface area contributed by atoms with E-state index < -0.39 is 11.8 Å². The summed E-state index contributed by atoms with van der Waals surface area (Å²) in [6.45, 7) is 0.754. The zero-order valence-corrected chi connectivity index (χ0v) is 17.4. The minimum Gasteiger partial charge on any atom is -0.454 e. The number of benzene rings is 2. The lowest BCUT2D eigenvalue weighted by Gasteiger charge is -2.08. The third kappa shape index (κ3) is 4.18. The number of hydrogen-bond acceptors (Lipinski definition) is 9. The van der Waals surface area contributed by atoms with Crippen LogP contribution in [-0.4, -0.2) is 37.3 Å². The third-order valence-electron chi connectivity index (χ3n) is 4.79. The maximum atomic E-state index is 12.5. The molecule has 0 unspecified atom stereocenters. The van der Waals surface area contributed by atoms with Crippen LogP contribution in [0.25, 0.3) is 11.0 Å². The van der Waals surface area contributed by atoms with Crippen molar-refractivity contribution < 1.29 is 19.1 Å². The fourth-order valence-corrected chi connectivity index (χ4v) is 3.66. The summed E-state index contributed by atoms with van der Waals surface area (Å²) < 4.78 is 19.0. The van der Waals surface area contributed by atoms with E-state index in [9.17, 15) is 9.59 Å². The summed E-state index contributed by atoms with van der Waals surface area (Å²) in [6.07, 6.45) is 1.19. The number of ether oxygens (including phenoxy) is 2. The molecular formula is C21H16N6O4S. The first kappa shape index (κ1) is 19.8. The zero-order chi connectivity index (χ0) is 21.9. The van der Waals surface area contributed by atoms with E-state index in [1.54, 1.807) is 12.1 Å². The van der Waals surface area contributed by atoms with E-state index in [2.05, 4.69) is 29.3 Å². The van der Waals surface area contributed by atoms with Crippen LogP contribution >= 0.6 is 11.7 Å². The number of nitrogens with one attached hydrogen (secondary N) is 2. The normalized spacial score (nSPS) is 12.0. The van der Waals surface area contributed by atoms with Crippen LogP contribution in [0.4, 0.5) is 0 Å². The van der Waals surface area contributed by atoms with Gasteiger partial charge in [0, 0.05) is 19.2 Å². The molecule has 4 aromatic rings. The van der Waals surface area contributed by atoms with Gasteiger partial charge in [-0.05, 0) is 35.4 Å². The highest BCUT2D eigenvalue weighted by atomic mass is 32.1. The summed E-state index contributed by atoms with van der Waals surface area (Å²) in [5, 5.41) is 5.56. The van der Waals surface area contributed by atoms with Gasteiger partial charge in [0.25, 0.3) is 11.8 Å². The Hall–Kier alpha value is -4.12. The molecule has 3 heterocycles. The van der Waals surface area contributed by atoms with Gasteiger partial charge in [-0.25, -0.2) is 9.97 Å². The van der Waals surface area contributed by atoms with Gasteiger partial charge < -0.3 is 20.1 Å². The molecule has 32 heavy (non-hydrogen) atoms. The number of amides is 2. The maximum absolute atomic E-state index is 12.5. The Morgan fingerprint density at radius 1 is 0.812 bits per heavy atom. The van der Waals surface area contributed by atoms with Crippen molar-refractivity contribution in [3.8, 4) is 11.5 Å². The van der Waals surface area contributed by atoms with E-state index in [4.69, 9.17) is 9.47 Å². The standard InChI is InChI=1S/C21H16N6O4S/c28-20(22-8-12-1-3-14-15(5-12)27-32-26-14)16-7-17(25-10-24-16)21(29)23-9-13-2-4-18-19(6-13)31-11-30-18/h1-7,10H,8-9,11H2,(H,22,28)(H,23,29). The molecule has 0 bridgehead atoms. The molecule has 0 aliphatic carbocycles. The molecule has 1 aliphatic heterocycles. The molecule has 0 saturated carbocycles. The first-order valence-corrected chi connectivity index (χ1v) is 10.4. The average Bonchev–Trinajstić information content (AvgIpc) is 3.49. The Balaban J connectivity index is 1.20. The van der Waals surface area contributed by atoms with Gasteiger partial charge in [-0.1, -0.05) is 12.1 Å². The van der Waals surface area contributed by atoms with Crippen molar-refractivity contribution in [1.82, 2.24) is 29.3 Å². The van der Waals surface area contributed by atoms with E-state index >= 15 is 0 Å². The summed E-state index contributed by atoms with van der Waals surface area (Å²) >= 11 is 1.14. The van der Waals surface area contributed by atoms with Gasteiger partial charge in [0.2, 0.25) is 6.79 Å². The molecule has 5 rings (SSSR count). The van der Waals surface area contributed by atoms with Crippen molar-refractivity contribution >= 4 is 34.6 Å². The second kappa shape index (κ2) is 8.55. The predicted octanol–water partition coefficient (Wildman–Crippen LogP) is 2.07. The number of nitrogens with zero attached hydrogens (tertiary/aromatic N) is 4. The van der Waals surface area contributed by atoms with Crippen molar-refractivity contribution in [2.24, 2.45) is 0 Å². The fraction of sp³-hybridized carbons (Fsp3) is 0.143. The molecule has 2 aromatic heterocycles. The summed E-state index contributed by atoms with van der Waals surface area (Å²) in [7, 11) is 0. The fourth-order valence-electron chi connectivity index (χ4n) is 3.14. The minimum absolute atomic E-state index is 0.0980. The van der Waals surface area contributed by atoms with Crippen LogP contribution < -0.4 is 20.1 Å². The first-order valence-electron chi connectivity index (χ1n) is 9.64. The van der Waals surface area contributed by atoms with Crippen molar-refractivity contribution in [3.63, 3.8) is 0 Å². The second-order valence-corrected chi connectivity index (χ2v) is 7.46. The molecule has 0 spiro atoms. The number of carbonyl (C=O) groups is 2. The molecule has 2 aromatic carbocycles. The van der Waals surface area contributed by atoms with Crippen LogP contribution in [0.3, 0.4) is 0 Å². The van der Waals surface area contributed by atoms with E-state index in [0.717, 1.165) is 33.9 Å². The van der Waals surface area contributed by atoms with Crippen LogP contribution in [0.2, 0.25) is 0 Å². The molecule has 0 radical (unpaired) electrons. The Kier molecular flexibility index (Phi) is 5.30. The summed E-state index contributed by atoms with van der Waals surface area (Å²) in [5.41, 5.74) is 3.53.